The van der Waals surface area contributed by atoms with Crippen molar-refractivity contribution < 1.29 is 18.7 Å². The first kappa shape index (κ1) is 16.9. The van der Waals surface area contributed by atoms with E-state index in [-0.39, 0.29) is 28.7 Å². The highest BCUT2D eigenvalue weighted by atomic mass is 19.1. The van der Waals surface area contributed by atoms with E-state index >= 15 is 0 Å². The van der Waals surface area contributed by atoms with Gasteiger partial charge >= 0.3 is 0 Å². The monoisotopic (exact) mass is 332 g/mol. The van der Waals surface area contributed by atoms with Crippen molar-refractivity contribution in [3.05, 3.63) is 35.1 Å². The molecule has 1 aliphatic carbocycles. The van der Waals surface area contributed by atoms with Crippen LogP contribution >= 0.6 is 0 Å². The highest BCUT2D eigenvalue weighted by Crippen LogP contribution is 2.50. The molecule has 0 radical (unpaired) electrons. The summed E-state index contributed by atoms with van der Waals surface area (Å²) >= 11 is 0. The van der Waals surface area contributed by atoms with Gasteiger partial charge in [-0.25, -0.2) is 4.39 Å². The van der Waals surface area contributed by atoms with E-state index in [0.29, 0.717) is 19.8 Å². The van der Waals surface area contributed by atoms with Crippen molar-refractivity contribution in [1.29, 1.82) is 5.26 Å². The van der Waals surface area contributed by atoms with E-state index in [1.165, 1.54) is 18.2 Å². The second kappa shape index (κ2) is 6.88. The predicted molar refractivity (Wildman–Crippen MR) is 84.9 cm³/mol. The molecule has 2 aliphatic rings. The number of carbonyl (C=O) groups is 1. The molecule has 1 amide bonds. The van der Waals surface area contributed by atoms with Crippen LogP contribution in [0.25, 0.3) is 0 Å². The van der Waals surface area contributed by atoms with Gasteiger partial charge in [0, 0.05) is 31.3 Å². The smallest absolute Gasteiger partial charge is 0.252 e. The van der Waals surface area contributed by atoms with Gasteiger partial charge in [0.25, 0.3) is 5.91 Å². The quantitative estimate of drug-likeness (QED) is 0.919. The maximum atomic E-state index is 13.7. The molecule has 6 heteroatoms. The average Bonchev–Trinajstić information content (AvgIpc) is 2.61. The third-order valence-corrected chi connectivity index (χ3v) is 5.25. The first-order chi connectivity index (χ1) is 11.6. The molecule has 0 unspecified atom stereocenters. The molecular weight excluding hydrogens is 311 g/mol. The number of carbonyl (C=O) groups excluding carboxylic acids is 1. The van der Waals surface area contributed by atoms with Crippen LogP contribution < -0.4 is 5.32 Å². The summed E-state index contributed by atoms with van der Waals surface area (Å²) in [6, 6.07) is 5.84. The van der Waals surface area contributed by atoms with Gasteiger partial charge in [0.05, 0.1) is 11.7 Å². The number of nitriles is 1. The van der Waals surface area contributed by atoms with E-state index in [1.807, 2.05) is 6.92 Å². The van der Waals surface area contributed by atoms with E-state index in [0.717, 1.165) is 19.3 Å². The molecule has 1 spiro atoms. The fraction of sp³-hybridized carbons (Fsp3) is 0.556. The highest BCUT2D eigenvalue weighted by molar-refractivity contribution is 5.97. The summed E-state index contributed by atoms with van der Waals surface area (Å²) in [6.07, 6.45) is 2.50. The van der Waals surface area contributed by atoms with Crippen LogP contribution in [0.5, 0.6) is 0 Å². The lowest BCUT2D eigenvalue weighted by atomic mass is 9.57. The Kier molecular flexibility index (Phi) is 4.83. The lowest BCUT2D eigenvalue weighted by Gasteiger charge is -2.57. The zero-order valence-electron chi connectivity index (χ0n) is 13.7. The third-order valence-electron chi connectivity index (χ3n) is 5.25. The fourth-order valence-electron chi connectivity index (χ4n) is 3.87. The van der Waals surface area contributed by atoms with Crippen LogP contribution in [0.1, 0.15) is 42.1 Å². The van der Waals surface area contributed by atoms with Gasteiger partial charge in [0.15, 0.2) is 0 Å². The van der Waals surface area contributed by atoms with Crippen molar-refractivity contribution in [3.8, 4) is 6.07 Å². The van der Waals surface area contributed by atoms with Gasteiger partial charge in [-0.2, -0.15) is 5.26 Å². The summed E-state index contributed by atoms with van der Waals surface area (Å²) in [5.74, 6) is -1.08. The summed E-state index contributed by atoms with van der Waals surface area (Å²) in [5.41, 5.74) is -0.249. The van der Waals surface area contributed by atoms with E-state index < -0.39 is 11.7 Å². The van der Waals surface area contributed by atoms with Crippen molar-refractivity contribution in [1.82, 2.24) is 5.32 Å². The number of benzene rings is 1. The van der Waals surface area contributed by atoms with E-state index in [4.69, 9.17) is 14.7 Å². The molecule has 0 bridgehead atoms. The van der Waals surface area contributed by atoms with Crippen molar-refractivity contribution in [3.63, 3.8) is 0 Å². The third kappa shape index (κ3) is 2.79. The van der Waals surface area contributed by atoms with Gasteiger partial charge < -0.3 is 14.8 Å². The number of nitrogens with zero attached hydrogens (tertiary/aromatic N) is 1. The zero-order chi connectivity index (χ0) is 17.2. The van der Waals surface area contributed by atoms with Gasteiger partial charge in [-0.05, 0) is 38.3 Å². The topological polar surface area (TPSA) is 71.3 Å². The standard InChI is InChI=1S/C18H21FN2O3/c1-2-24-16-10-15(18(16)6-8-23-9-7-18)21-17(22)12-4-3-5-14(19)13(12)11-20/h3-5,15-16H,2,6-10H2,1H3,(H,21,22)/t15-,16-/m1/s1. The molecule has 128 valence electrons. The first-order valence-electron chi connectivity index (χ1n) is 8.31. The maximum absolute atomic E-state index is 13.7. The molecule has 24 heavy (non-hydrogen) atoms. The second-order valence-electron chi connectivity index (χ2n) is 6.33. The van der Waals surface area contributed by atoms with Crippen LogP contribution in [0.15, 0.2) is 18.2 Å². The maximum Gasteiger partial charge on any atom is 0.252 e. The SMILES string of the molecule is CCO[C@@H]1C[C@@H](NC(=O)c2cccc(F)c2C#N)C12CCOCC2. The predicted octanol–water partition coefficient (Wildman–Crippen LogP) is 2.40. The number of rotatable bonds is 4. The van der Waals surface area contributed by atoms with Crippen LogP contribution in [0.3, 0.4) is 0 Å². The normalized spacial score (nSPS) is 24.9. The van der Waals surface area contributed by atoms with Gasteiger partial charge in [-0.1, -0.05) is 6.07 Å². The minimum Gasteiger partial charge on any atom is -0.381 e. The minimum absolute atomic E-state index is 0.0414. The van der Waals surface area contributed by atoms with Crippen LogP contribution in [0.4, 0.5) is 4.39 Å². The molecule has 5 nitrogen and oxygen atoms in total. The summed E-state index contributed by atoms with van der Waals surface area (Å²) in [6.45, 7) is 3.90. The van der Waals surface area contributed by atoms with Crippen LogP contribution in [0.2, 0.25) is 0 Å². The van der Waals surface area contributed by atoms with E-state index in [2.05, 4.69) is 5.32 Å². The molecule has 1 heterocycles. The summed E-state index contributed by atoms with van der Waals surface area (Å²) < 4.78 is 25.0. The number of halogens is 1. The van der Waals surface area contributed by atoms with Gasteiger partial charge in [-0.15, -0.1) is 0 Å². The van der Waals surface area contributed by atoms with Gasteiger partial charge in [0.2, 0.25) is 0 Å². The molecule has 2 atom stereocenters. The molecule has 0 aromatic heterocycles. The highest BCUT2D eigenvalue weighted by Gasteiger charge is 2.56. The zero-order valence-corrected chi connectivity index (χ0v) is 13.7. The lowest BCUT2D eigenvalue weighted by molar-refractivity contribution is -0.170. The minimum atomic E-state index is -0.674. The molecule has 1 saturated carbocycles. The van der Waals surface area contributed by atoms with Crippen molar-refractivity contribution in [2.45, 2.75) is 38.3 Å². The Labute approximate surface area is 140 Å². The molecule has 3 rings (SSSR count). The van der Waals surface area contributed by atoms with Crippen LogP contribution in [-0.2, 0) is 9.47 Å². The Morgan fingerprint density at radius 2 is 2.25 bits per heavy atom. The Hall–Kier alpha value is -1.97. The summed E-state index contributed by atoms with van der Waals surface area (Å²) in [4.78, 5) is 12.6. The first-order valence-corrected chi connectivity index (χ1v) is 8.31. The number of nitrogens with one attached hydrogen (secondary N) is 1. The lowest BCUT2D eigenvalue weighted by Crippen LogP contribution is -2.66. The molecule has 1 aliphatic heterocycles. The average molecular weight is 332 g/mol. The Bertz CT molecular complexity index is 665. The Morgan fingerprint density at radius 1 is 1.50 bits per heavy atom. The Balaban J connectivity index is 1.77. The summed E-state index contributed by atoms with van der Waals surface area (Å²) in [7, 11) is 0. The van der Waals surface area contributed by atoms with Crippen molar-refractivity contribution in [2.24, 2.45) is 5.41 Å². The van der Waals surface area contributed by atoms with E-state index in [1.54, 1.807) is 6.07 Å². The molecule has 1 N–H and O–H groups in total. The van der Waals surface area contributed by atoms with E-state index in [9.17, 15) is 9.18 Å². The number of hydrogen-bond acceptors (Lipinski definition) is 4. The number of amides is 1. The van der Waals surface area contributed by atoms with Crippen molar-refractivity contribution >= 4 is 5.91 Å². The largest absolute Gasteiger partial charge is 0.381 e. The summed E-state index contributed by atoms with van der Waals surface area (Å²) in [5, 5.41) is 12.1. The van der Waals surface area contributed by atoms with Crippen molar-refractivity contribution in [2.75, 3.05) is 19.8 Å². The molecular formula is C18H21FN2O3. The van der Waals surface area contributed by atoms with Crippen LogP contribution in [0, 0.1) is 22.6 Å². The van der Waals surface area contributed by atoms with Gasteiger partial charge in [-0.3, -0.25) is 4.79 Å². The van der Waals surface area contributed by atoms with Gasteiger partial charge in [0.1, 0.15) is 17.4 Å². The molecule has 2 fully saturated rings. The molecule has 1 aromatic carbocycles. The number of hydrogen-bond donors (Lipinski definition) is 1. The van der Waals surface area contributed by atoms with Crippen LogP contribution in [-0.4, -0.2) is 37.9 Å². The Morgan fingerprint density at radius 3 is 2.92 bits per heavy atom. The molecule has 1 aromatic rings. The fourth-order valence-corrected chi connectivity index (χ4v) is 3.87. The second-order valence-corrected chi connectivity index (χ2v) is 6.33. The molecule has 1 saturated heterocycles. The number of ether oxygens (including phenoxy) is 2.